The van der Waals surface area contributed by atoms with Crippen molar-refractivity contribution in [1.82, 2.24) is 20.5 Å². The fourth-order valence-electron chi connectivity index (χ4n) is 3.02. The largest absolute Gasteiger partial charge is 0.433 e. The Morgan fingerprint density at radius 1 is 1.24 bits per heavy atom. The molecule has 0 unspecified atom stereocenters. The molecular formula is C19H18ClF3N4O2. The second kappa shape index (κ2) is 8.28. The summed E-state index contributed by atoms with van der Waals surface area (Å²) < 4.78 is 38.5. The molecule has 2 atom stereocenters. The van der Waals surface area contributed by atoms with Gasteiger partial charge < -0.3 is 15.5 Å². The summed E-state index contributed by atoms with van der Waals surface area (Å²) in [7, 11) is 0. The van der Waals surface area contributed by atoms with Crippen molar-refractivity contribution in [2.24, 2.45) is 0 Å². The first kappa shape index (κ1) is 20.9. The van der Waals surface area contributed by atoms with Crippen LogP contribution in [0, 0.1) is 0 Å². The maximum absolute atomic E-state index is 12.8. The van der Waals surface area contributed by atoms with Crippen LogP contribution < -0.4 is 10.6 Å². The average molecular weight is 427 g/mol. The van der Waals surface area contributed by atoms with Crippen LogP contribution in [0.3, 0.4) is 0 Å². The molecule has 3 rings (SSSR count). The zero-order chi connectivity index (χ0) is 21.2. The lowest BCUT2D eigenvalue weighted by Crippen LogP contribution is -2.58. The molecule has 0 bridgehead atoms. The van der Waals surface area contributed by atoms with E-state index in [1.807, 2.05) is 0 Å². The zero-order valence-electron chi connectivity index (χ0n) is 15.3. The summed E-state index contributed by atoms with van der Waals surface area (Å²) in [5.74, 6) is -0.273. The number of urea groups is 1. The molecule has 0 radical (unpaired) electrons. The van der Waals surface area contributed by atoms with Crippen LogP contribution >= 0.6 is 11.6 Å². The number of hydrogen-bond donors (Lipinski definition) is 2. The Bertz CT molecular complexity index is 888. The third kappa shape index (κ3) is 4.79. The molecule has 1 saturated heterocycles. The van der Waals surface area contributed by atoms with Crippen molar-refractivity contribution in [3.63, 3.8) is 0 Å². The topological polar surface area (TPSA) is 74.3 Å². The quantitative estimate of drug-likeness (QED) is 0.790. The number of carbonyl (C=O) groups is 2. The molecule has 10 heteroatoms. The highest BCUT2D eigenvalue weighted by Gasteiger charge is 2.33. The summed E-state index contributed by atoms with van der Waals surface area (Å²) in [5.41, 5.74) is -0.0510. The minimum absolute atomic E-state index is 0.273. The van der Waals surface area contributed by atoms with E-state index in [2.05, 4.69) is 15.6 Å². The Morgan fingerprint density at radius 3 is 2.48 bits per heavy atom. The number of benzene rings is 1. The van der Waals surface area contributed by atoms with Crippen molar-refractivity contribution >= 4 is 23.5 Å². The van der Waals surface area contributed by atoms with Crippen LogP contribution in [-0.4, -0.2) is 41.0 Å². The van der Waals surface area contributed by atoms with Gasteiger partial charge in [0.1, 0.15) is 11.7 Å². The fourth-order valence-corrected chi connectivity index (χ4v) is 3.15. The van der Waals surface area contributed by atoms with E-state index in [1.165, 1.54) is 11.0 Å². The molecule has 3 amide bonds. The number of pyridine rings is 1. The predicted molar refractivity (Wildman–Crippen MR) is 100 cm³/mol. The molecule has 6 nitrogen and oxygen atoms in total. The highest BCUT2D eigenvalue weighted by Crippen LogP contribution is 2.29. The second-order valence-electron chi connectivity index (χ2n) is 6.57. The summed E-state index contributed by atoms with van der Waals surface area (Å²) in [6, 6.07) is 6.74. The van der Waals surface area contributed by atoms with E-state index in [-0.39, 0.29) is 5.91 Å². The molecule has 0 saturated carbocycles. The second-order valence-corrected chi connectivity index (χ2v) is 7.01. The van der Waals surface area contributed by atoms with E-state index in [1.54, 1.807) is 31.2 Å². The predicted octanol–water partition coefficient (Wildman–Crippen LogP) is 3.37. The monoisotopic (exact) mass is 426 g/mol. The van der Waals surface area contributed by atoms with E-state index in [0.29, 0.717) is 29.2 Å². The number of aromatic nitrogens is 1. The normalized spacial score (nSPS) is 18.2. The van der Waals surface area contributed by atoms with E-state index in [0.717, 1.165) is 12.3 Å². The Morgan fingerprint density at radius 2 is 1.90 bits per heavy atom. The summed E-state index contributed by atoms with van der Waals surface area (Å²) in [6.07, 6.45) is -3.48. The fraction of sp³-hybridized carbons (Fsp3) is 0.316. The molecule has 1 aromatic heterocycles. The van der Waals surface area contributed by atoms with Gasteiger partial charge in [-0.25, -0.2) is 4.79 Å². The van der Waals surface area contributed by atoms with Crippen LogP contribution in [-0.2, 0) is 11.0 Å². The van der Waals surface area contributed by atoms with Crippen LogP contribution in [0.2, 0.25) is 5.02 Å². The Hall–Kier alpha value is -2.81. The molecule has 1 aliphatic heterocycles. The standard InChI is InChI=1S/C19H18ClF3N4O2/c1-11-17(28)24-8-9-27(11)18(29)26-16(12-2-5-14(20)6-3-12)13-4-7-15(25-10-13)19(21,22)23/h2-7,10-11,16H,8-9H2,1H3,(H,24,28)(H,26,29)/t11-,16-/m1/s1. The Balaban J connectivity index is 1.90. The van der Waals surface area contributed by atoms with E-state index < -0.39 is 30.0 Å². The average Bonchev–Trinajstić information content (AvgIpc) is 2.68. The van der Waals surface area contributed by atoms with Gasteiger partial charge in [-0.15, -0.1) is 0 Å². The summed E-state index contributed by atoms with van der Waals surface area (Å²) in [5, 5.41) is 5.94. The first-order valence-electron chi connectivity index (χ1n) is 8.80. The van der Waals surface area contributed by atoms with Gasteiger partial charge in [-0.2, -0.15) is 13.2 Å². The number of nitrogens with one attached hydrogen (secondary N) is 2. The number of halogens is 4. The van der Waals surface area contributed by atoms with Crippen LogP contribution in [0.4, 0.5) is 18.0 Å². The summed E-state index contributed by atoms with van der Waals surface area (Å²) in [6.45, 7) is 2.24. The van der Waals surface area contributed by atoms with E-state index >= 15 is 0 Å². The van der Waals surface area contributed by atoms with Crippen molar-refractivity contribution in [2.75, 3.05) is 13.1 Å². The number of hydrogen-bond acceptors (Lipinski definition) is 3. The van der Waals surface area contributed by atoms with Gasteiger partial charge in [0.05, 0.1) is 6.04 Å². The zero-order valence-corrected chi connectivity index (χ0v) is 16.1. The van der Waals surface area contributed by atoms with Gasteiger partial charge in [0.15, 0.2) is 0 Å². The third-order valence-corrected chi connectivity index (χ3v) is 4.89. The van der Waals surface area contributed by atoms with Gasteiger partial charge >= 0.3 is 12.2 Å². The lowest BCUT2D eigenvalue weighted by molar-refractivity contribution is -0.141. The SMILES string of the molecule is C[C@@H]1C(=O)NCCN1C(=O)N[C@H](c1ccc(Cl)cc1)c1ccc(C(F)(F)F)nc1. The third-order valence-electron chi connectivity index (χ3n) is 4.64. The molecule has 1 aromatic carbocycles. The highest BCUT2D eigenvalue weighted by molar-refractivity contribution is 6.30. The van der Waals surface area contributed by atoms with E-state index in [9.17, 15) is 22.8 Å². The Labute approximate surface area is 170 Å². The number of rotatable bonds is 3. The van der Waals surface area contributed by atoms with Crippen molar-refractivity contribution in [2.45, 2.75) is 25.2 Å². The van der Waals surface area contributed by atoms with Crippen molar-refractivity contribution in [3.05, 3.63) is 64.4 Å². The first-order valence-corrected chi connectivity index (χ1v) is 9.18. The molecule has 2 N–H and O–H groups in total. The van der Waals surface area contributed by atoms with Gasteiger partial charge in [0.2, 0.25) is 5.91 Å². The lowest BCUT2D eigenvalue weighted by atomic mass is 10.00. The van der Waals surface area contributed by atoms with Crippen molar-refractivity contribution in [3.8, 4) is 0 Å². The van der Waals surface area contributed by atoms with Crippen molar-refractivity contribution in [1.29, 1.82) is 0 Å². The number of amides is 3. The van der Waals surface area contributed by atoms with Crippen LogP contribution in [0.15, 0.2) is 42.6 Å². The molecule has 1 aliphatic rings. The molecular weight excluding hydrogens is 409 g/mol. The molecule has 2 aromatic rings. The summed E-state index contributed by atoms with van der Waals surface area (Å²) in [4.78, 5) is 29.5. The minimum atomic E-state index is -4.56. The van der Waals surface area contributed by atoms with E-state index in [4.69, 9.17) is 11.6 Å². The van der Waals surface area contributed by atoms with Gasteiger partial charge in [-0.05, 0) is 36.2 Å². The van der Waals surface area contributed by atoms with Crippen LogP contribution in [0.25, 0.3) is 0 Å². The lowest BCUT2D eigenvalue weighted by Gasteiger charge is -2.34. The van der Waals surface area contributed by atoms with Crippen LogP contribution in [0.5, 0.6) is 0 Å². The number of alkyl halides is 3. The maximum Gasteiger partial charge on any atom is 0.433 e. The highest BCUT2D eigenvalue weighted by atomic mass is 35.5. The smallest absolute Gasteiger partial charge is 0.353 e. The Kier molecular flexibility index (Phi) is 5.97. The molecule has 0 spiro atoms. The molecule has 29 heavy (non-hydrogen) atoms. The van der Waals surface area contributed by atoms with Crippen LogP contribution in [0.1, 0.15) is 29.8 Å². The molecule has 154 valence electrons. The van der Waals surface area contributed by atoms with Gasteiger partial charge in [0.25, 0.3) is 0 Å². The van der Waals surface area contributed by atoms with Gasteiger partial charge in [-0.3, -0.25) is 9.78 Å². The number of carbonyl (C=O) groups excluding carboxylic acids is 2. The van der Waals surface area contributed by atoms with Gasteiger partial charge in [0, 0.05) is 24.3 Å². The molecule has 1 fully saturated rings. The molecule has 2 heterocycles. The number of nitrogens with zero attached hydrogens (tertiary/aromatic N) is 2. The maximum atomic E-state index is 12.8. The first-order chi connectivity index (χ1) is 13.7. The number of piperazine rings is 1. The van der Waals surface area contributed by atoms with Crippen molar-refractivity contribution < 1.29 is 22.8 Å². The summed E-state index contributed by atoms with van der Waals surface area (Å²) >= 11 is 5.92. The molecule has 0 aliphatic carbocycles. The minimum Gasteiger partial charge on any atom is -0.353 e. The van der Waals surface area contributed by atoms with Gasteiger partial charge in [-0.1, -0.05) is 29.8 Å².